The molecule has 3 N–H and O–H groups in total. The molecule has 0 unspecified atom stereocenters. The topological polar surface area (TPSA) is 68.8 Å². The normalized spacial score (nSPS) is 24.6. The summed E-state index contributed by atoms with van der Waals surface area (Å²) in [5.74, 6) is 2.30. The summed E-state index contributed by atoms with van der Waals surface area (Å²) in [6, 6.07) is 7.36. The van der Waals surface area contributed by atoms with Gasteiger partial charge in [-0.3, -0.25) is 0 Å². The van der Waals surface area contributed by atoms with Gasteiger partial charge in [-0.2, -0.15) is 0 Å². The molecule has 4 rings (SSSR count). The minimum absolute atomic E-state index is 0.107. The first-order valence-corrected chi connectivity index (χ1v) is 9.68. The third-order valence-electron chi connectivity index (χ3n) is 6.30. The van der Waals surface area contributed by atoms with Crippen LogP contribution < -0.4 is 11.1 Å². The first kappa shape index (κ1) is 17.6. The van der Waals surface area contributed by atoms with Gasteiger partial charge in [-0.05, 0) is 43.4 Å². The molecular weight excluding hydrogens is 329 g/mol. The van der Waals surface area contributed by atoms with E-state index in [0.29, 0.717) is 18.5 Å². The lowest BCUT2D eigenvalue weighted by Crippen LogP contribution is -2.37. The Labute approximate surface area is 154 Å². The molecule has 0 atom stereocenters. The van der Waals surface area contributed by atoms with Gasteiger partial charge in [-0.1, -0.05) is 25.0 Å². The highest BCUT2D eigenvalue weighted by Gasteiger charge is 2.35. The Balaban J connectivity index is 1.41. The molecule has 0 radical (unpaired) electrons. The molecule has 26 heavy (non-hydrogen) atoms. The molecule has 2 aromatic rings. The van der Waals surface area contributed by atoms with Gasteiger partial charge >= 0.3 is 0 Å². The number of hydrogen-bond donors (Lipinski definition) is 2. The first-order chi connectivity index (χ1) is 12.6. The number of nitrogens with two attached hydrogens (primary N) is 1. The summed E-state index contributed by atoms with van der Waals surface area (Å²) in [5.41, 5.74) is 7.25. The number of rotatable bonds is 6. The van der Waals surface area contributed by atoms with Gasteiger partial charge in [-0.15, -0.1) is 10.2 Å². The standard InChI is InChI=1S/C20H28FN5/c1-26-18(24-25-19(26)14-10-17(22)11-14)12-23-13-20(8-2-3-9-20)15-4-6-16(21)7-5-15/h4-7,14,17,23H,2-3,8-13,22H2,1H3. The van der Waals surface area contributed by atoms with E-state index in [9.17, 15) is 4.39 Å². The zero-order chi connectivity index (χ0) is 18.1. The molecule has 0 aliphatic heterocycles. The van der Waals surface area contributed by atoms with Crippen molar-refractivity contribution in [2.45, 2.75) is 62.4 Å². The molecule has 1 heterocycles. The molecule has 0 bridgehead atoms. The van der Waals surface area contributed by atoms with Gasteiger partial charge < -0.3 is 15.6 Å². The SMILES string of the molecule is Cn1c(CNCC2(c3ccc(F)cc3)CCCC2)nnc1C1CC(N)C1. The average Bonchev–Trinajstić information content (AvgIpc) is 3.21. The van der Waals surface area contributed by atoms with Crippen molar-refractivity contribution in [1.29, 1.82) is 0 Å². The Morgan fingerprint density at radius 3 is 2.54 bits per heavy atom. The second kappa shape index (κ2) is 7.08. The van der Waals surface area contributed by atoms with Gasteiger partial charge in [0, 0.05) is 31.0 Å². The third-order valence-corrected chi connectivity index (χ3v) is 6.30. The molecule has 0 saturated heterocycles. The maximum absolute atomic E-state index is 13.3. The molecule has 0 spiro atoms. The fourth-order valence-electron chi connectivity index (χ4n) is 4.59. The predicted molar refractivity (Wildman–Crippen MR) is 99.2 cm³/mol. The molecule has 1 aromatic heterocycles. The van der Waals surface area contributed by atoms with Crippen molar-refractivity contribution in [3.8, 4) is 0 Å². The van der Waals surface area contributed by atoms with E-state index in [1.165, 1.54) is 18.4 Å². The highest BCUT2D eigenvalue weighted by Crippen LogP contribution is 2.40. The Morgan fingerprint density at radius 1 is 1.19 bits per heavy atom. The van der Waals surface area contributed by atoms with Crippen LogP contribution in [0, 0.1) is 5.82 Å². The molecule has 2 aliphatic rings. The van der Waals surface area contributed by atoms with Crippen LogP contribution in [0.4, 0.5) is 4.39 Å². The molecule has 0 amide bonds. The van der Waals surface area contributed by atoms with Gasteiger partial charge in [0.2, 0.25) is 0 Å². The second-order valence-electron chi connectivity index (χ2n) is 8.06. The number of aromatic nitrogens is 3. The zero-order valence-corrected chi connectivity index (χ0v) is 15.4. The zero-order valence-electron chi connectivity index (χ0n) is 15.4. The smallest absolute Gasteiger partial charge is 0.146 e. The van der Waals surface area contributed by atoms with Crippen LogP contribution in [0.5, 0.6) is 0 Å². The van der Waals surface area contributed by atoms with E-state index in [4.69, 9.17) is 5.73 Å². The van der Waals surface area contributed by atoms with Gasteiger partial charge in [0.25, 0.3) is 0 Å². The minimum atomic E-state index is -0.169. The molecule has 140 valence electrons. The van der Waals surface area contributed by atoms with Crippen molar-refractivity contribution in [3.63, 3.8) is 0 Å². The van der Waals surface area contributed by atoms with Crippen molar-refractivity contribution in [2.24, 2.45) is 12.8 Å². The lowest BCUT2D eigenvalue weighted by Gasteiger charge is -2.31. The Hall–Kier alpha value is -1.79. The summed E-state index contributed by atoms with van der Waals surface area (Å²) in [4.78, 5) is 0. The van der Waals surface area contributed by atoms with Crippen molar-refractivity contribution >= 4 is 0 Å². The quantitative estimate of drug-likeness (QED) is 0.834. The highest BCUT2D eigenvalue weighted by atomic mass is 19.1. The number of nitrogens with one attached hydrogen (secondary N) is 1. The summed E-state index contributed by atoms with van der Waals surface area (Å²) in [6.45, 7) is 1.58. The summed E-state index contributed by atoms with van der Waals surface area (Å²) in [7, 11) is 2.04. The van der Waals surface area contributed by atoms with E-state index < -0.39 is 0 Å². The lowest BCUT2D eigenvalue weighted by molar-refractivity contribution is 0.331. The minimum Gasteiger partial charge on any atom is -0.328 e. The monoisotopic (exact) mass is 357 g/mol. The van der Waals surface area contributed by atoms with Crippen molar-refractivity contribution in [1.82, 2.24) is 20.1 Å². The van der Waals surface area contributed by atoms with Crippen LogP contribution in [0.25, 0.3) is 0 Å². The van der Waals surface area contributed by atoms with Gasteiger partial charge in [0.05, 0.1) is 6.54 Å². The van der Waals surface area contributed by atoms with E-state index in [-0.39, 0.29) is 11.2 Å². The van der Waals surface area contributed by atoms with E-state index in [2.05, 4.69) is 20.1 Å². The van der Waals surface area contributed by atoms with E-state index in [1.807, 2.05) is 19.2 Å². The summed E-state index contributed by atoms with van der Waals surface area (Å²) >= 11 is 0. The molecule has 2 fully saturated rings. The molecule has 2 saturated carbocycles. The van der Waals surface area contributed by atoms with Crippen molar-refractivity contribution in [3.05, 3.63) is 47.3 Å². The van der Waals surface area contributed by atoms with Gasteiger partial charge in [-0.25, -0.2) is 4.39 Å². The number of nitrogens with zero attached hydrogens (tertiary/aromatic N) is 3. The average molecular weight is 357 g/mol. The number of hydrogen-bond acceptors (Lipinski definition) is 4. The van der Waals surface area contributed by atoms with Crippen LogP contribution in [0.3, 0.4) is 0 Å². The van der Waals surface area contributed by atoms with Gasteiger partial charge in [0.15, 0.2) is 0 Å². The maximum atomic E-state index is 13.3. The highest BCUT2D eigenvalue weighted by molar-refractivity contribution is 5.27. The summed E-state index contributed by atoms with van der Waals surface area (Å²) in [6.07, 6.45) is 6.77. The fraction of sp³-hybridized carbons (Fsp3) is 0.600. The Kier molecular flexibility index (Phi) is 4.80. The second-order valence-corrected chi connectivity index (χ2v) is 8.06. The number of halogens is 1. The van der Waals surface area contributed by atoms with Crippen molar-refractivity contribution < 1.29 is 4.39 Å². The predicted octanol–water partition coefficient (Wildman–Crippen LogP) is 2.76. The van der Waals surface area contributed by atoms with E-state index in [1.54, 1.807) is 12.1 Å². The largest absolute Gasteiger partial charge is 0.328 e. The van der Waals surface area contributed by atoms with Crippen molar-refractivity contribution in [2.75, 3.05) is 6.54 Å². The van der Waals surface area contributed by atoms with Gasteiger partial charge in [0.1, 0.15) is 17.5 Å². The third kappa shape index (κ3) is 3.28. The Morgan fingerprint density at radius 2 is 1.88 bits per heavy atom. The molecule has 5 nitrogen and oxygen atoms in total. The first-order valence-electron chi connectivity index (χ1n) is 9.68. The van der Waals surface area contributed by atoms with Crippen LogP contribution in [0.15, 0.2) is 24.3 Å². The summed E-state index contributed by atoms with van der Waals surface area (Å²) < 4.78 is 15.4. The van der Waals surface area contributed by atoms with Crippen LogP contribution in [-0.4, -0.2) is 27.4 Å². The number of benzene rings is 1. The molecular formula is C20H28FN5. The molecule has 6 heteroatoms. The van der Waals surface area contributed by atoms with Crippen LogP contribution >= 0.6 is 0 Å². The van der Waals surface area contributed by atoms with Crippen LogP contribution in [-0.2, 0) is 19.0 Å². The maximum Gasteiger partial charge on any atom is 0.146 e. The van der Waals surface area contributed by atoms with Crippen LogP contribution in [0.2, 0.25) is 0 Å². The summed E-state index contributed by atoms with van der Waals surface area (Å²) in [5, 5.41) is 12.4. The molecule has 2 aliphatic carbocycles. The molecule has 1 aromatic carbocycles. The Bertz CT molecular complexity index is 742. The lowest BCUT2D eigenvalue weighted by atomic mass is 9.79. The van der Waals surface area contributed by atoms with E-state index >= 15 is 0 Å². The van der Waals surface area contributed by atoms with Crippen LogP contribution in [0.1, 0.15) is 61.7 Å². The fourth-order valence-corrected chi connectivity index (χ4v) is 4.59. The van der Waals surface area contributed by atoms with E-state index in [0.717, 1.165) is 43.9 Å².